The van der Waals surface area contributed by atoms with Crippen LogP contribution in [0.1, 0.15) is 50.5 Å². The van der Waals surface area contributed by atoms with Crippen molar-refractivity contribution in [3.63, 3.8) is 0 Å². The largest absolute Gasteiger partial charge is 0.481 e. The lowest BCUT2D eigenvalue weighted by Gasteiger charge is -2.37. The quantitative estimate of drug-likeness (QED) is 0.903. The van der Waals surface area contributed by atoms with Crippen molar-refractivity contribution in [3.8, 4) is 0 Å². The van der Waals surface area contributed by atoms with Crippen LogP contribution in [0, 0.1) is 11.6 Å². The molecule has 0 saturated carbocycles. The smallest absolute Gasteiger partial charge is 0.303 e. The van der Waals surface area contributed by atoms with Gasteiger partial charge < -0.3 is 10.0 Å². The fraction of sp³-hybridized carbons (Fsp3) is 0.529. The summed E-state index contributed by atoms with van der Waals surface area (Å²) >= 11 is 0. The molecule has 23 heavy (non-hydrogen) atoms. The van der Waals surface area contributed by atoms with Crippen molar-refractivity contribution < 1.29 is 23.5 Å². The first-order valence-electron chi connectivity index (χ1n) is 7.88. The molecule has 2 atom stereocenters. The van der Waals surface area contributed by atoms with Gasteiger partial charge in [-0.1, -0.05) is 6.07 Å². The minimum atomic E-state index is -0.929. The lowest BCUT2D eigenvalue weighted by Crippen LogP contribution is -2.45. The zero-order valence-electron chi connectivity index (χ0n) is 13.1. The van der Waals surface area contributed by atoms with Crippen LogP contribution in [0.3, 0.4) is 0 Å². The summed E-state index contributed by atoms with van der Waals surface area (Å²) in [6.07, 6.45) is 2.83. The Morgan fingerprint density at radius 3 is 2.57 bits per heavy atom. The topological polar surface area (TPSA) is 57.6 Å². The number of halogens is 2. The zero-order chi connectivity index (χ0) is 17.0. The molecule has 2 unspecified atom stereocenters. The molecule has 1 aliphatic rings. The Kier molecular flexibility index (Phi) is 5.69. The second-order valence-corrected chi connectivity index (χ2v) is 5.97. The minimum absolute atomic E-state index is 0.0170. The van der Waals surface area contributed by atoms with Crippen LogP contribution >= 0.6 is 0 Å². The van der Waals surface area contributed by atoms with Crippen molar-refractivity contribution in [1.29, 1.82) is 0 Å². The van der Waals surface area contributed by atoms with E-state index in [-0.39, 0.29) is 23.9 Å². The Morgan fingerprint density at radius 2 is 1.96 bits per heavy atom. The van der Waals surface area contributed by atoms with Gasteiger partial charge in [-0.2, -0.15) is 0 Å². The van der Waals surface area contributed by atoms with Crippen LogP contribution in [0.4, 0.5) is 8.78 Å². The molecule has 0 aliphatic carbocycles. The minimum Gasteiger partial charge on any atom is -0.481 e. The Balaban J connectivity index is 2.17. The maximum Gasteiger partial charge on any atom is 0.303 e. The van der Waals surface area contributed by atoms with Crippen LogP contribution in [0.5, 0.6) is 0 Å². The highest BCUT2D eigenvalue weighted by Crippen LogP contribution is 2.28. The third-order valence-electron chi connectivity index (χ3n) is 4.40. The maximum absolute atomic E-state index is 13.9. The van der Waals surface area contributed by atoms with Crippen LogP contribution < -0.4 is 0 Å². The van der Waals surface area contributed by atoms with E-state index < -0.39 is 23.5 Å². The van der Waals surface area contributed by atoms with E-state index >= 15 is 0 Å². The molecule has 1 amide bonds. The summed E-state index contributed by atoms with van der Waals surface area (Å²) < 4.78 is 27.8. The van der Waals surface area contributed by atoms with Crippen LogP contribution in [0.15, 0.2) is 18.2 Å². The van der Waals surface area contributed by atoms with Gasteiger partial charge in [-0.3, -0.25) is 9.59 Å². The van der Waals surface area contributed by atoms with Crippen LogP contribution in [0.25, 0.3) is 0 Å². The van der Waals surface area contributed by atoms with E-state index in [2.05, 4.69) is 0 Å². The molecule has 1 aromatic rings. The highest BCUT2D eigenvalue weighted by molar-refractivity contribution is 5.84. The molecule has 1 saturated heterocycles. The molecule has 1 aromatic carbocycles. The molecule has 0 aromatic heterocycles. The third-order valence-corrected chi connectivity index (χ3v) is 4.40. The Morgan fingerprint density at radius 1 is 1.30 bits per heavy atom. The number of hydrogen-bond donors (Lipinski definition) is 1. The lowest BCUT2D eigenvalue weighted by atomic mass is 9.93. The Labute approximate surface area is 134 Å². The SMILES string of the molecule is CC(C(=O)N1CCCCC1CCC(=O)O)c1c(F)cccc1F. The van der Waals surface area contributed by atoms with Gasteiger partial charge >= 0.3 is 5.97 Å². The molecule has 1 aliphatic heterocycles. The number of benzene rings is 1. The molecule has 1 fully saturated rings. The number of carbonyl (C=O) groups is 2. The number of rotatable bonds is 5. The van der Waals surface area contributed by atoms with Gasteiger partial charge in [0.1, 0.15) is 11.6 Å². The molecule has 1 N–H and O–H groups in total. The molecular formula is C17H21F2NO3. The number of carbonyl (C=O) groups excluding carboxylic acids is 1. The molecule has 0 bridgehead atoms. The van der Waals surface area contributed by atoms with E-state index in [1.807, 2.05) is 0 Å². The number of nitrogens with zero attached hydrogens (tertiary/aromatic N) is 1. The van der Waals surface area contributed by atoms with Crippen LogP contribution in [-0.4, -0.2) is 34.5 Å². The van der Waals surface area contributed by atoms with Crippen LogP contribution in [-0.2, 0) is 9.59 Å². The van der Waals surface area contributed by atoms with Gasteiger partial charge in [0.15, 0.2) is 0 Å². The van der Waals surface area contributed by atoms with Gasteiger partial charge in [0, 0.05) is 24.6 Å². The normalized spacial score (nSPS) is 19.4. The van der Waals surface area contributed by atoms with Gasteiger partial charge in [-0.25, -0.2) is 8.78 Å². The van der Waals surface area contributed by atoms with E-state index in [0.717, 1.165) is 31.4 Å². The number of likely N-dealkylation sites (tertiary alicyclic amines) is 1. The number of carboxylic acids is 1. The summed E-state index contributed by atoms with van der Waals surface area (Å²) in [7, 11) is 0. The number of hydrogen-bond acceptors (Lipinski definition) is 2. The number of carboxylic acid groups (broad SMARTS) is 1. The first kappa shape index (κ1) is 17.4. The van der Waals surface area contributed by atoms with Crippen molar-refractivity contribution >= 4 is 11.9 Å². The highest BCUT2D eigenvalue weighted by atomic mass is 19.1. The molecule has 2 rings (SSSR count). The Bertz CT molecular complexity index is 571. The van der Waals surface area contributed by atoms with Crippen molar-refractivity contribution in [3.05, 3.63) is 35.4 Å². The first-order chi connectivity index (χ1) is 10.9. The third kappa shape index (κ3) is 4.06. The van der Waals surface area contributed by atoms with E-state index in [1.54, 1.807) is 4.90 Å². The maximum atomic E-state index is 13.9. The van der Waals surface area contributed by atoms with Crippen molar-refractivity contribution in [1.82, 2.24) is 4.90 Å². The van der Waals surface area contributed by atoms with Crippen molar-refractivity contribution in [2.75, 3.05) is 6.54 Å². The van der Waals surface area contributed by atoms with Gasteiger partial charge in [-0.05, 0) is 44.7 Å². The summed E-state index contributed by atoms with van der Waals surface area (Å²) in [5.74, 6) is -3.64. The fourth-order valence-corrected chi connectivity index (χ4v) is 3.18. The summed E-state index contributed by atoms with van der Waals surface area (Å²) in [4.78, 5) is 25.1. The Hall–Kier alpha value is -1.98. The predicted octanol–water partition coefficient (Wildman–Crippen LogP) is 3.31. The number of amides is 1. The van der Waals surface area contributed by atoms with Gasteiger partial charge in [0.05, 0.1) is 5.92 Å². The predicted molar refractivity (Wildman–Crippen MR) is 81.0 cm³/mol. The van der Waals surface area contributed by atoms with Gasteiger partial charge in [0.2, 0.25) is 5.91 Å². The second kappa shape index (κ2) is 7.53. The van der Waals surface area contributed by atoms with E-state index in [4.69, 9.17) is 5.11 Å². The monoisotopic (exact) mass is 325 g/mol. The first-order valence-corrected chi connectivity index (χ1v) is 7.88. The molecule has 6 heteroatoms. The molecule has 4 nitrogen and oxygen atoms in total. The summed E-state index contributed by atoms with van der Waals surface area (Å²) in [5.41, 5.74) is -0.222. The molecule has 1 heterocycles. The van der Waals surface area contributed by atoms with Gasteiger partial charge in [0.25, 0.3) is 0 Å². The molecule has 0 radical (unpaired) electrons. The van der Waals surface area contributed by atoms with Crippen LogP contribution in [0.2, 0.25) is 0 Å². The second-order valence-electron chi connectivity index (χ2n) is 5.97. The summed E-state index contributed by atoms with van der Waals surface area (Å²) in [6.45, 7) is 2.00. The zero-order valence-corrected chi connectivity index (χ0v) is 13.1. The average Bonchev–Trinajstić information content (AvgIpc) is 2.52. The van der Waals surface area contributed by atoms with E-state index in [9.17, 15) is 18.4 Å². The van der Waals surface area contributed by atoms with Gasteiger partial charge in [-0.15, -0.1) is 0 Å². The van der Waals surface area contributed by atoms with E-state index in [0.29, 0.717) is 13.0 Å². The lowest BCUT2D eigenvalue weighted by molar-refractivity contribution is -0.140. The van der Waals surface area contributed by atoms with Crippen molar-refractivity contribution in [2.45, 2.75) is 51.0 Å². The average molecular weight is 325 g/mol. The van der Waals surface area contributed by atoms with Crippen molar-refractivity contribution in [2.24, 2.45) is 0 Å². The molecular weight excluding hydrogens is 304 g/mol. The number of aliphatic carboxylic acids is 1. The standard InChI is InChI=1S/C17H21F2NO3/c1-11(16-13(18)6-4-7-14(16)19)17(23)20-10-3-2-5-12(20)8-9-15(21)22/h4,6-7,11-12H,2-3,5,8-10H2,1H3,(H,21,22). The van der Waals surface area contributed by atoms with E-state index in [1.165, 1.54) is 13.0 Å². The highest BCUT2D eigenvalue weighted by Gasteiger charge is 2.32. The molecule has 126 valence electrons. The number of piperidine rings is 1. The summed E-state index contributed by atoms with van der Waals surface area (Å²) in [6, 6.07) is 3.37. The fourth-order valence-electron chi connectivity index (χ4n) is 3.18. The summed E-state index contributed by atoms with van der Waals surface area (Å²) in [5, 5.41) is 8.83. The molecule has 0 spiro atoms.